The van der Waals surface area contributed by atoms with Gasteiger partial charge in [-0.3, -0.25) is 0 Å². The summed E-state index contributed by atoms with van der Waals surface area (Å²) in [6.45, 7) is 8.21. The maximum absolute atomic E-state index is 10.1. The van der Waals surface area contributed by atoms with Crippen LogP contribution in [-0.2, 0) is 4.74 Å². The molecule has 2 nitrogen and oxygen atoms in total. The number of rotatable bonds is 3. The number of aliphatic hydroxyl groups is 1. The van der Waals surface area contributed by atoms with Gasteiger partial charge in [0.25, 0.3) is 0 Å². The highest BCUT2D eigenvalue weighted by atomic mass is 16.5. The quantitative estimate of drug-likeness (QED) is 0.728. The molecule has 0 aliphatic heterocycles. The second kappa shape index (κ2) is 6.13. The number of aliphatic hydroxyl groups excluding tert-OH is 1. The standard InChI is InChI=1S/C22H36O2/c1-4-13-24-20-8-7-18-17-6-5-15-14-16(23)9-11-21(15,2)19(17)10-12-22(18,20)3/h14,16-20,23H,4-13H2,1-3H3. The summed E-state index contributed by atoms with van der Waals surface area (Å²) in [5.41, 5.74) is 2.37. The summed E-state index contributed by atoms with van der Waals surface area (Å²) < 4.78 is 6.31. The van der Waals surface area contributed by atoms with Crippen molar-refractivity contribution in [1.82, 2.24) is 0 Å². The first kappa shape index (κ1) is 17.1. The summed E-state index contributed by atoms with van der Waals surface area (Å²) in [5, 5.41) is 10.1. The minimum Gasteiger partial charge on any atom is -0.389 e. The first-order valence-corrected chi connectivity index (χ1v) is 10.5. The molecule has 3 fully saturated rings. The Hall–Kier alpha value is -0.340. The van der Waals surface area contributed by atoms with E-state index in [2.05, 4.69) is 26.8 Å². The van der Waals surface area contributed by atoms with Crippen molar-refractivity contribution in [3.63, 3.8) is 0 Å². The van der Waals surface area contributed by atoms with Gasteiger partial charge in [-0.2, -0.15) is 0 Å². The fraction of sp³-hybridized carbons (Fsp3) is 0.909. The molecular formula is C22H36O2. The van der Waals surface area contributed by atoms with Crippen LogP contribution in [0.15, 0.2) is 11.6 Å². The molecule has 24 heavy (non-hydrogen) atoms. The van der Waals surface area contributed by atoms with E-state index in [1.54, 1.807) is 5.57 Å². The highest BCUT2D eigenvalue weighted by Gasteiger charge is 2.59. The molecule has 0 bridgehead atoms. The Morgan fingerprint density at radius 3 is 2.71 bits per heavy atom. The van der Waals surface area contributed by atoms with Crippen LogP contribution in [0.2, 0.25) is 0 Å². The lowest BCUT2D eigenvalue weighted by Gasteiger charge is -2.58. The number of hydrogen-bond acceptors (Lipinski definition) is 2. The molecule has 136 valence electrons. The Labute approximate surface area is 148 Å². The molecule has 0 amide bonds. The van der Waals surface area contributed by atoms with Gasteiger partial charge in [0, 0.05) is 6.61 Å². The van der Waals surface area contributed by atoms with Crippen LogP contribution in [0.4, 0.5) is 0 Å². The van der Waals surface area contributed by atoms with Crippen LogP contribution in [0.3, 0.4) is 0 Å². The van der Waals surface area contributed by atoms with Gasteiger partial charge < -0.3 is 9.84 Å². The average Bonchev–Trinajstić information content (AvgIpc) is 2.90. The topological polar surface area (TPSA) is 29.5 Å². The van der Waals surface area contributed by atoms with E-state index in [9.17, 15) is 5.11 Å². The van der Waals surface area contributed by atoms with E-state index in [-0.39, 0.29) is 6.10 Å². The molecule has 0 saturated heterocycles. The van der Waals surface area contributed by atoms with Gasteiger partial charge in [-0.25, -0.2) is 0 Å². The van der Waals surface area contributed by atoms with Crippen LogP contribution in [0.25, 0.3) is 0 Å². The average molecular weight is 333 g/mol. The summed E-state index contributed by atoms with van der Waals surface area (Å²) in [6, 6.07) is 0. The van der Waals surface area contributed by atoms with Gasteiger partial charge in [0.15, 0.2) is 0 Å². The SMILES string of the molecule is CCCOC1CCC2C3CCC4=CC(O)CCC4(C)C3CCC12C. The first-order valence-electron chi connectivity index (χ1n) is 10.5. The Morgan fingerprint density at radius 1 is 1.08 bits per heavy atom. The predicted octanol–water partition coefficient (Wildman–Crippen LogP) is 5.11. The molecular weight excluding hydrogens is 296 g/mol. The van der Waals surface area contributed by atoms with E-state index in [1.165, 1.54) is 44.9 Å². The minimum absolute atomic E-state index is 0.184. The van der Waals surface area contributed by atoms with Crippen molar-refractivity contribution < 1.29 is 9.84 Å². The summed E-state index contributed by atoms with van der Waals surface area (Å²) >= 11 is 0. The molecule has 7 unspecified atom stereocenters. The fourth-order valence-corrected chi connectivity index (χ4v) is 7.20. The fourth-order valence-electron chi connectivity index (χ4n) is 7.20. The van der Waals surface area contributed by atoms with Crippen molar-refractivity contribution >= 4 is 0 Å². The Bertz CT molecular complexity index is 512. The summed E-state index contributed by atoms with van der Waals surface area (Å²) in [6.07, 6.45) is 13.8. The molecule has 3 saturated carbocycles. The number of fused-ring (bicyclic) bond motifs is 5. The van der Waals surface area contributed by atoms with Gasteiger partial charge in [0.2, 0.25) is 0 Å². The molecule has 0 aromatic heterocycles. The second-order valence-corrected chi connectivity index (χ2v) is 9.61. The van der Waals surface area contributed by atoms with Crippen molar-refractivity contribution in [2.24, 2.45) is 28.6 Å². The van der Waals surface area contributed by atoms with E-state index in [0.29, 0.717) is 16.9 Å². The monoisotopic (exact) mass is 332 g/mol. The summed E-state index contributed by atoms with van der Waals surface area (Å²) in [5.74, 6) is 2.59. The van der Waals surface area contributed by atoms with Crippen LogP contribution in [0.5, 0.6) is 0 Å². The predicted molar refractivity (Wildman–Crippen MR) is 97.7 cm³/mol. The van der Waals surface area contributed by atoms with Crippen molar-refractivity contribution in [3.05, 3.63) is 11.6 Å². The molecule has 4 rings (SSSR count). The first-order chi connectivity index (χ1) is 11.5. The van der Waals surface area contributed by atoms with Crippen LogP contribution in [0, 0.1) is 28.6 Å². The molecule has 7 atom stereocenters. The third kappa shape index (κ3) is 2.43. The van der Waals surface area contributed by atoms with E-state index < -0.39 is 0 Å². The Morgan fingerprint density at radius 2 is 1.92 bits per heavy atom. The maximum atomic E-state index is 10.1. The van der Waals surface area contributed by atoms with E-state index in [1.807, 2.05) is 0 Å². The van der Waals surface area contributed by atoms with Gasteiger partial charge in [0.1, 0.15) is 0 Å². The lowest BCUT2D eigenvalue weighted by atomic mass is 9.47. The number of ether oxygens (including phenoxy) is 1. The summed E-state index contributed by atoms with van der Waals surface area (Å²) in [7, 11) is 0. The second-order valence-electron chi connectivity index (χ2n) is 9.61. The molecule has 0 aromatic rings. The smallest absolute Gasteiger partial charge is 0.0724 e. The lowest BCUT2D eigenvalue weighted by molar-refractivity contribution is -0.0969. The highest BCUT2D eigenvalue weighted by molar-refractivity contribution is 5.25. The normalized spacial score (nSPS) is 50.7. The van der Waals surface area contributed by atoms with Crippen LogP contribution >= 0.6 is 0 Å². The van der Waals surface area contributed by atoms with Gasteiger partial charge in [-0.05, 0) is 86.4 Å². The minimum atomic E-state index is -0.184. The van der Waals surface area contributed by atoms with Crippen LogP contribution in [-0.4, -0.2) is 23.9 Å². The van der Waals surface area contributed by atoms with E-state index in [4.69, 9.17) is 4.74 Å². The van der Waals surface area contributed by atoms with Crippen LogP contribution < -0.4 is 0 Å². The van der Waals surface area contributed by atoms with E-state index in [0.717, 1.165) is 37.2 Å². The molecule has 4 aliphatic carbocycles. The molecule has 0 heterocycles. The van der Waals surface area contributed by atoms with Gasteiger partial charge in [-0.1, -0.05) is 32.4 Å². The van der Waals surface area contributed by atoms with Crippen molar-refractivity contribution in [1.29, 1.82) is 0 Å². The number of hydrogen-bond donors (Lipinski definition) is 1. The Kier molecular flexibility index (Phi) is 4.36. The molecule has 0 radical (unpaired) electrons. The molecule has 2 heteroatoms. The van der Waals surface area contributed by atoms with Crippen LogP contribution in [0.1, 0.15) is 78.6 Å². The Balaban J connectivity index is 1.58. The zero-order chi connectivity index (χ0) is 16.9. The van der Waals surface area contributed by atoms with Gasteiger partial charge in [-0.15, -0.1) is 0 Å². The molecule has 1 N–H and O–H groups in total. The van der Waals surface area contributed by atoms with Crippen molar-refractivity contribution in [3.8, 4) is 0 Å². The maximum Gasteiger partial charge on any atom is 0.0724 e. The summed E-state index contributed by atoms with van der Waals surface area (Å²) in [4.78, 5) is 0. The molecule has 4 aliphatic rings. The zero-order valence-corrected chi connectivity index (χ0v) is 15.9. The highest BCUT2D eigenvalue weighted by Crippen LogP contribution is 2.65. The van der Waals surface area contributed by atoms with Crippen molar-refractivity contribution in [2.45, 2.75) is 90.8 Å². The molecule has 0 aromatic carbocycles. The lowest BCUT2D eigenvalue weighted by Crippen LogP contribution is -2.51. The van der Waals surface area contributed by atoms with E-state index >= 15 is 0 Å². The van der Waals surface area contributed by atoms with Crippen molar-refractivity contribution in [2.75, 3.05) is 6.61 Å². The third-order valence-corrected chi connectivity index (χ3v) is 8.53. The largest absolute Gasteiger partial charge is 0.389 e. The van der Waals surface area contributed by atoms with Gasteiger partial charge >= 0.3 is 0 Å². The number of allylic oxidation sites excluding steroid dienone is 1. The zero-order valence-electron chi connectivity index (χ0n) is 15.9. The molecule has 0 spiro atoms. The third-order valence-electron chi connectivity index (χ3n) is 8.53. The van der Waals surface area contributed by atoms with Gasteiger partial charge in [0.05, 0.1) is 12.2 Å².